The molecule has 0 aromatic heterocycles. The third-order valence-corrected chi connectivity index (χ3v) is 3.14. The fourth-order valence-corrected chi connectivity index (χ4v) is 1.98. The van der Waals surface area contributed by atoms with E-state index in [1.165, 1.54) is 24.3 Å². The fraction of sp³-hybridized carbons (Fsp3) is 0.0714. The molecule has 7 heteroatoms. The minimum absolute atomic E-state index is 0.0829. The highest BCUT2D eigenvalue weighted by Gasteiger charge is 2.15. The first-order chi connectivity index (χ1) is 9.99. The number of amides is 1. The predicted octanol–water partition coefficient (Wildman–Crippen LogP) is 2.88. The highest BCUT2D eigenvalue weighted by molar-refractivity contribution is 6.33. The van der Waals surface area contributed by atoms with Crippen LogP contribution in [0.2, 0.25) is 5.02 Å². The minimum Gasteiger partial charge on any atom is -0.508 e. The predicted molar refractivity (Wildman–Crippen MR) is 77.4 cm³/mol. The Balaban J connectivity index is 2.09. The van der Waals surface area contributed by atoms with Crippen LogP contribution < -0.4 is 5.32 Å². The molecule has 2 aromatic rings. The molecule has 0 aliphatic rings. The van der Waals surface area contributed by atoms with Crippen LogP contribution in [0.25, 0.3) is 0 Å². The van der Waals surface area contributed by atoms with E-state index in [1.54, 1.807) is 18.2 Å². The Kier molecular flexibility index (Phi) is 4.39. The Morgan fingerprint density at radius 2 is 2.00 bits per heavy atom. The molecule has 0 aliphatic carbocycles. The van der Waals surface area contributed by atoms with Gasteiger partial charge in [0.2, 0.25) is 0 Å². The molecule has 2 aromatic carbocycles. The van der Waals surface area contributed by atoms with Gasteiger partial charge in [0, 0.05) is 23.7 Å². The van der Waals surface area contributed by atoms with Crippen LogP contribution in [0.1, 0.15) is 15.9 Å². The zero-order valence-electron chi connectivity index (χ0n) is 10.7. The Labute approximate surface area is 125 Å². The molecule has 0 radical (unpaired) electrons. The van der Waals surface area contributed by atoms with Crippen molar-refractivity contribution in [2.24, 2.45) is 0 Å². The van der Waals surface area contributed by atoms with Gasteiger partial charge in [-0.25, -0.2) is 0 Å². The van der Waals surface area contributed by atoms with E-state index < -0.39 is 10.8 Å². The molecule has 1 amide bonds. The number of nitrogens with one attached hydrogen (secondary N) is 1. The molecule has 21 heavy (non-hydrogen) atoms. The van der Waals surface area contributed by atoms with Gasteiger partial charge in [-0.15, -0.1) is 0 Å². The molecule has 2 rings (SSSR count). The molecule has 0 heterocycles. The van der Waals surface area contributed by atoms with Crippen LogP contribution in [0, 0.1) is 10.1 Å². The average molecular weight is 307 g/mol. The first-order valence-electron chi connectivity index (χ1n) is 5.98. The van der Waals surface area contributed by atoms with E-state index in [9.17, 15) is 20.0 Å². The summed E-state index contributed by atoms with van der Waals surface area (Å²) >= 11 is 5.75. The van der Waals surface area contributed by atoms with Crippen molar-refractivity contribution in [3.8, 4) is 5.75 Å². The number of rotatable bonds is 4. The van der Waals surface area contributed by atoms with E-state index in [0.717, 1.165) is 0 Å². The number of phenols is 1. The van der Waals surface area contributed by atoms with Crippen molar-refractivity contribution in [1.82, 2.24) is 5.32 Å². The van der Waals surface area contributed by atoms with Crippen molar-refractivity contribution >= 4 is 23.2 Å². The second-order valence-corrected chi connectivity index (χ2v) is 4.64. The van der Waals surface area contributed by atoms with Crippen molar-refractivity contribution in [3.05, 3.63) is 68.7 Å². The van der Waals surface area contributed by atoms with E-state index in [4.69, 9.17) is 11.6 Å². The molecular weight excluding hydrogens is 296 g/mol. The van der Waals surface area contributed by atoms with Crippen molar-refractivity contribution < 1.29 is 14.8 Å². The smallest absolute Gasteiger partial charge is 0.287 e. The summed E-state index contributed by atoms with van der Waals surface area (Å²) in [5.41, 5.74) is 0.522. The molecule has 0 bridgehead atoms. The van der Waals surface area contributed by atoms with Gasteiger partial charge in [-0.05, 0) is 18.2 Å². The zero-order chi connectivity index (χ0) is 15.4. The van der Waals surface area contributed by atoms with Crippen molar-refractivity contribution in [2.45, 2.75) is 6.54 Å². The maximum absolute atomic E-state index is 11.9. The van der Waals surface area contributed by atoms with E-state index in [0.29, 0.717) is 5.56 Å². The number of phenolic OH excluding ortho intramolecular Hbond substituents is 1. The van der Waals surface area contributed by atoms with Crippen LogP contribution >= 0.6 is 11.6 Å². The van der Waals surface area contributed by atoms with Crippen molar-refractivity contribution in [2.75, 3.05) is 0 Å². The maximum atomic E-state index is 11.9. The number of benzene rings is 2. The molecule has 0 unspecified atom stereocenters. The molecule has 6 nitrogen and oxygen atoms in total. The number of nitro benzene ring substituents is 1. The molecule has 0 saturated carbocycles. The lowest BCUT2D eigenvalue weighted by molar-refractivity contribution is -0.384. The summed E-state index contributed by atoms with van der Waals surface area (Å²) in [4.78, 5) is 22.0. The van der Waals surface area contributed by atoms with E-state index >= 15 is 0 Å². The van der Waals surface area contributed by atoms with Crippen LogP contribution in [0.3, 0.4) is 0 Å². The minimum atomic E-state index is -0.619. The Morgan fingerprint density at radius 3 is 2.62 bits per heavy atom. The number of para-hydroxylation sites is 1. The molecule has 0 atom stereocenters. The second-order valence-electron chi connectivity index (χ2n) is 4.23. The van der Waals surface area contributed by atoms with Gasteiger partial charge in [-0.1, -0.05) is 29.8 Å². The lowest BCUT2D eigenvalue weighted by atomic mass is 10.1. The first kappa shape index (κ1) is 14.8. The third kappa shape index (κ3) is 3.49. The van der Waals surface area contributed by atoms with Gasteiger partial charge in [0.15, 0.2) is 0 Å². The molecule has 0 saturated heterocycles. The number of hydrogen-bond acceptors (Lipinski definition) is 4. The van der Waals surface area contributed by atoms with Crippen LogP contribution in [-0.4, -0.2) is 15.9 Å². The van der Waals surface area contributed by atoms with Gasteiger partial charge in [-0.3, -0.25) is 14.9 Å². The Morgan fingerprint density at radius 1 is 1.29 bits per heavy atom. The molecule has 0 fully saturated rings. The average Bonchev–Trinajstić information content (AvgIpc) is 2.45. The normalized spacial score (nSPS) is 10.1. The summed E-state index contributed by atoms with van der Waals surface area (Å²) in [6.07, 6.45) is 0. The fourth-order valence-electron chi connectivity index (χ4n) is 1.73. The number of hydrogen-bond donors (Lipinski definition) is 2. The van der Waals surface area contributed by atoms with Gasteiger partial charge in [0.05, 0.1) is 4.92 Å². The lowest BCUT2D eigenvalue weighted by Crippen LogP contribution is -2.22. The van der Waals surface area contributed by atoms with Gasteiger partial charge in [0.25, 0.3) is 11.6 Å². The van der Waals surface area contributed by atoms with E-state index in [2.05, 4.69) is 5.32 Å². The van der Waals surface area contributed by atoms with Gasteiger partial charge in [0.1, 0.15) is 10.8 Å². The molecule has 2 N–H and O–H groups in total. The summed E-state index contributed by atoms with van der Waals surface area (Å²) in [5.74, 6) is -0.352. The number of carbonyl (C=O) groups is 1. The third-order valence-electron chi connectivity index (χ3n) is 2.84. The van der Waals surface area contributed by atoms with E-state index in [1.807, 2.05) is 0 Å². The maximum Gasteiger partial charge on any atom is 0.287 e. The Hall–Kier alpha value is -2.60. The Bertz CT molecular complexity index is 703. The van der Waals surface area contributed by atoms with Crippen LogP contribution in [0.15, 0.2) is 42.5 Å². The summed E-state index contributed by atoms with van der Waals surface area (Å²) in [6, 6.07) is 10.4. The molecule has 108 valence electrons. The number of nitro groups is 1. The van der Waals surface area contributed by atoms with Gasteiger partial charge in [-0.2, -0.15) is 0 Å². The monoisotopic (exact) mass is 306 g/mol. The number of aromatic hydroxyl groups is 1. The highest BCUT2D eigenvalue weighted by Crippen LogP contribution is 2.25. The van der Waals surface area contributed by atoms with Gasteiger partial charge >= 0.3 is 0 Å². The largest absolute Gasteiger partial charge is 0.508 e. The van der Waals surface area contributed by atoms with Gasteiger partial charge < -0.3 is 10.4 Å². The highest BCUT2D eigenvalue weighted by atomic mass is 35.5. The van der Waals surface area contributed by atoms with Crippen LogP contribution in [-0.2, 0) is 6.54 Å². The molecular formula is C14H11ClN2O4. The van der Waals surface area contributed by atoms with Crippen LogP contribution in [0.5, 0.6) is 5.75 Å². The quantitative estimate of drug-likeness (QED) is 0.671. The summed E-state index contributed by atoms with van der Waals surface area (Å²) in [6.45, 7) is 0.139. The summed E-state index contributed by atoms with van der Waals surface area (Å²) < 4.78 is 0. The van der Waals surface area contributed by atoms with Crippen molar-refractivity contribution in [3.63, 3.8) is 0 Å². The second kappa shape index (κ2) is 6.23. The topological polar surface area (TPSA) is 92.5 Å². The van der Waals surface area contributed by atoms with Crippen LogP contribution in [0.4, 0.5) is 5.69 Å². The summed E-state index contributed by atoms with van der Waals surface area (Å²) in [5, 5.41) is 22.7. The number of nitrogens with zero attached hydrogens (tertiary/aromatic N) is 1. The summed E-state index contributed by atoms with van der Waals surface area (Å²) in [7, 11) is 0. The van der Waals surface area contributed by atoms with Crippen molar-refractivity contribution in [1.29, 1.82) is 0 Å². The number of halogens is 1. The zero-order valence-corrected chi connectivity index (χ0v) is 11.5. The molecule has 0 spiro atoms. The first-order valence-corrected chi connectivity index (χ1v) is 6.36. The number of carbonyl (C=O) groups excluding carboxylic acids is 1. The van der Waals surface area contributed by atoms with E-state index in [-0.39, 0.29) is 28.6 Å². The standard InChI is InChI=1S/C14H11ClN2O4/c15-11-7-9(5-6-12(11)17(20)21)14(19)16-8-10-3-1-2-4-13(10)18/h1-7,18H,8H2,(H,16,19). The SMILES string of the molecule is O=C(NCc1ccccc1O)c1ccc([N+](=O)[O-])c(Cl)c1. The lowest BCUT2D eigenvalue weighted by Gasteiger charge is -2.07. The molecule has 0 aliphatic heterocycles.